The predicted molar refractivity (Wildman–Crippen MR) is 118 cm³/mol. The average molecular weight is 383 g/mol. The Morgan fingerprint density at radius 3 is 2.69 bits per heavy atom. The molecule has 4 heteroatoms. The van der Waals surface area contributed by atoms with Gasteiger partial charge in [-0.15, -0.1) is 0 Å². The molecule has 5 rings (SSSR count). The van der Waals surface area contributed by atoms with Gasteiger partial charge in [0.2, 0.25) is 0 Å². The molecule has 0 radical (unpaired) electrons. The molecule has 3 aromatic carbocycles. The summed E-state index contributed by atoms with van der Waals surface area (Å²) < 4.78 is 8.39. The lowest BCUT2D eigenvalue weighted by molar-refractivity contribution is 0.267. The number of nitrogens with one attached hydrogen (secondary N) is 1. The van der Waals surface area contributed by atoms with E-state index in [4.69, 9.17) is 9.84 Å². The molecule has 4 nitrogen and oxygen atoms in total. The number of anilines is 1. The van der Waals surface area contributed by atoms with E-state index in [2.05, 4.69) is 90.6 Å². The number of nitrogens with zero attached hydrogens (tertiary/aromatic N) is 2. The lowest BCUT2D eigenvalue weighted by atomic mass is 9.98. The predicted octanol–water partition coefficient (Wildman–Crippen LogP) is 6.02. The Labute approximate surface area is 171 Å². The molecule has 29 heavy (non-hydrogen) atoms. The van der Waals surface area contributed by atoms with Gasteiger partial charge in [0, 0.05) is 16.8 Å². The van der Waals surface area contributed by atoms with Crippen molar-refractivity contribution in [3.05, 3.63) is 78.0 Å². The summed E-state index contributed by atoms with van der Waals surface area (Å²) in [7, 11) is 0. The van der Waals surface area contributed by atoms with E-state index in [1.807, 2.05) is 6.92 Å². The second-order valence-corrected chi connectivity index (χ2v) is 8.11. The molecule has 0 amide bonds. The first-order valence-corrected chi connectivity index (χ1v) is 10.2. The van der Waals surface area contributed by atoms with Crippen LogP contribution in [0, 0.1) is 12.8 Å². The average Bonchev–Trinajstić information content (AvgIpc) is 3.13. The highest BCUT2D eigenvalue weighted by atomic mass is 16.5. The number of hydrogen-bond acceptors (Lipinski definition) is 3. The summed E-state index contributed by atoms with van der Waals surface area (Å²) in [5.74, 6) is 1.37. The van der Waals surface area contributed by atoms with E-state index in [9.17, 15) is 0 Å². The van der Waals surface area contributed by atoms with Crippen molar-refractivity contribution >= 4 is 16.5 Å². The minimum Gasteiger partial charge on any atom is -0.493 e. The molecule has 1 aliphatic rings. The third-order valence-corrected chi connectivity index (χ3v) is 5.37. The minimum absolute atomic E-state index is 0.137. The number of benzene rings is 3. The van der Waals surface area contributed by atoms with Gasteiger partial charge >= 0.3 is 0 Å². The van der Waals surface area contributed by atoms with E-state index in [1.165, 1.54) is 16.3 Å². The molecule has 1 atom stereocenters. The van der Waals surface area contributed by atoms with Gasteiger partial charge in [-0.25, -0.2) is 4.68 Å². The van der Waals surface area contributed by atoms with E-state index in [1.54, 1.807) is 0 Å². The van der Waals surface area contributed by atoms with Gasteiger partial charge in [-0.05, 0) is 41.8 Å². The van der Waals surface area contributed by atoms with Crippen molar-refractivity contribution in [1.82, 2.24) is 9.78 Å². The van der Waals surface area contributed by atoms with E-state index in [0.29, 0.717) is 12.5 Å². The fraction of sp³-hybridized carbons (Fsp3) is 0.240. The molecule has 1 N–H and O–H groups in total. The summed E-state index contributed by atoms with van der Waals surface area (Å²) in [6.07, 6.45) is -0.137. The molecule has 0 saturated carbocycles. The lowest BCUT2D eigenvalue weighted by Gasteiger charge is -2.31. The first-order valence-electron chi connectivity index (χ1n) is 10.2. The second-order valence-electron chi connectivity index (χ2n) is 8.11. The quantitative estimate of drug-likeness (QED) is 0.468. The van der Waals surface area contributed by atoms with E-state index in [0.717, 1.165) is 28.4 Å². The van der Waals surface area contributed by atoms with Crippen molar-refractivity contribution < 1.29 is 4.74 Å². The van der Waals surface area contributed by atoms with E-state index < -0.39 is 0 Å². The van der Waals surface area contributed by atoms with Crippen molar-refractivity contribution in [1.29, 1.82) is 0 Å². The van der Waals surface area contributed by atoms with Crippen LogP contribution in [0.5, 0.6) is 5.75 Å². The molecule has 2 heterocycles. The van der Waals surface area contributed by atoms with Gasteiger partial charge in [-0.3, -0.25) is 0 Å². The zero-order chi connectivity index (χ0) is 20.0. The smallest absolute Gasteiger partial charge is 0.151 e. The van der Waals surface area contributed by atoms with Gasteiger partial charge in [0.1, 0.15) is 5.75 Å². The summed E-state index contributed by atoms with van der Waals surface area (Å²) in [6, 6.07) is 23.3. The zero-order valence-electron chi connectivity index (χ0n) is 17.0. The largest absolute Gasteiger partial charge is 0.493 e. The Morgan fingerprint density at radius 1 is 1.03 bits per heavy atom. The Bertz CT molecular complexity index is 1190. The molecule has 1 aliphatic heterocycles. The molecule has 1 unspecified atom stereocenters. The summed E-state index contributed by atoms with van der Waals surface area (Å²) in [5, 5.41) is 11.0. The van der Waals surface area contributed by atoms with Crippen LogP contribution in [-0.2, 0) is 0 Å². The molecule has 0 saturated heterocycles. The monoisotopic (exact) mass is 383 g/mol. The number of fused-ring (bicyclic) bond motifs is 4. The summed E-state index contributed by atoms with van der Waals surface area (Å²) >= 11 is 0. The fourth-order valence-electron chi connectivity index (χ4n) is 4.09. The number of aromatic nitrogens is 2. The topological polar surface area (TPSA) is 39.1 Å². The van der Waals surface area contributed by atoms with Crippen molar-refractivity contribution in [2.75, 3.05) is 11.9 Å². The Balaban J connectivity index is 1.74. The fourth-order valence-corrected chi connectivity index (χ4v) is 4.09. The van der Waals surface area contributed by atoms with Crippen LogP contribution in [-0.4, -0.2) is 16.4 Å². The number of rotatable bonds is 4. The van der Waals surface area contributed by atoms with E-state index >= 15 is 0 Å². The first kappa shape index (κ1) is 17.8. The highest BCUT2D eigenvalue weighted by Gasteiger charge is 2.29. The van der Waals surface area contributed by atoms with Gasteiger partial charge in [0.05, 0.1) is 18.0 Å². The van der Waals surface area contributed by atoms with Crippen LogP contribution >= 0.6 is 0 Å². The zero-order valence-corrected chi connectivity index (χ0v) is 17.0. The van der Waals surface area contributed by atoms with Crippen LogP contribution < -0.4 is 10.1 Å². The van der Waals surface area contributed by atoms with Crippen molar-refractivity contribution in [2.24, 2.45) is 5.92 Å². The van der Waals surface area contributed by atoms with Crippen LogP contribution in [0.15, 0.2) is 66.7 Å². The van der Waals surface area contributed by atoms with Crippen LogP contribution in [0.2, 0.25) is 0 Å². The Hall–Kier alpha value is -3.27. The van der Waals surface area contributed by atoms with Crippen LogP contribution in [0.3, 0.4) is 0 Å². The summed E-state index contributed by atoms with van der Waals surface area (Å²) in [4.78, 5) is 0. The molecule has 1 aromatic heterocycles. The van der Waals surface area contributed by atoms with Gasteiger partial charge in [-0.1, -0.05) is 62.4 Å². The third-order valence-electron chi connectivity index (χ3n) is 5.37. The highest BCUT2D eigenvalue weighted by Crippen LogP contribution is 2.43. The van der Waals surface area contributed by atoms with Gasteiger partial charge < -0.3 is 10.1 Å². The van der Waals surface area contributed by atoms with E-state index in [-0.39, 0.29) is 6.17 Å². The SMILES string of the molecule is Cc1cc2n(n1)C(c1c(OCC(C)C)ccc3ccccc13)Nc1ccccc1-2. The van der Waals surface area contributed by atoms with Crippen LogP contribution in [0.1, 0.15) is 31.3 Å². The maximum absolute atomic E-state index is 6.29. The molecule has 146 valence electrons. The van der Waals surface area contributed by atoms with Crippen LogP contribution in [0.4, 0.5) is 5.69 Å². The summed E-state index contributed by atoms with van der Waals surface area (Å²) in [6.45, 7) is 7.07. The van der Waals surface area contributed by atoms with Crippen molar-refractivity contribution in [2.45, 2.75) is 26.9 Å². The van der Waals surface area contributed by atoms with Gasteiger partial charge in [0.25, 0.3) is 0 Å². The first-order chi connectivity index (χ1) is 14.1. The normalized spacial score (nSPS) is 15.1. The number of aryl methyl sites for hydroxylation is 1. The molecular formula is C25H25N3O. The van der Waals surface area contributed by atoms with Gasteiger partial charge in [0.15, 0.2) is 6.17 Å². The highest BCUT2D eigenvalue weighted by molar-refractivity contribution is 5.89. The molecular weight excluding hydrogens is 358 g/mol. The Kier molecular flexibility index (Phi) is 4.27. The number of ether oxygens (including phenoxy) is 1. The van der Waals surface area contributed by atoms with Crippen molar-refractivity contribution in [3.8, 4) is 17.0 Å². The second kappa shape index (κ2) is 6.96. The van der Waals surface area contributed by atoms with Gasteiger partial charge in [-0.2, -0.15) is 5.10 Å². The maximum Gasteiger partial charge on any atom is 0.151 e. The molecule has 0 fully saturated rings. The molecule has 0 bridgehead atoms. The standard InChI is InChI=1S/C25H25N3O/c1-16(2)15-29-23-13-12-18-8-4-5-9-19(18)24(23)25-26-21-11-7-6-10-20(21)22-14-17(3)27-28(22)25/h4-14,16,25-26H,15H2,1-3H3. The van der Waals surface area contributed by atoms with Crippen LogP contribution in [0.25, 0.3) is 22.0 Å². The minimum atomic E-state index is -0.137. The Morgan fingerprint density at radius 2 is 1.83 bits per heavy atom. The van der Waals surface area contributed by atoms with Crippen molar-refractivity contribution in [3.63, 3.8) is 0 Å². The number of hydrogen-bond donors (Lipinski definition) is 1. The third kappa shape index (κ3) is 3.05. The summed E-state index contributed by atoms with van der Waals surface area (Å²) in [5.41, 5.74) is 5.56. The molecule has 0 spiro atoms. The molecule has 0 aliphatic carbocycles. The molecule has 4 aromatic rings. The lowest BCUT2D eigenvalue weighted by Crippen LogP contribution is -2.26. The maximum atomic E-state index is 6.29. The number of para-hydroxylation sites is 1.